The molecular formula is C15H23BrN2O. The average molecular weight is 327 g/mol. The highest BCUT2D eigenvalue weighted by atomic mass is 79.9. The Hall–Kier alpha value is -0.580. The van der Waals surface area contributed by atoms with Crippen LogP contribution in [0.15, 0.2) is 22.7 Å². The van der Waals surface area contributed by atoms with Crippen molar-refractivity contribution in [1.82, 2.24) is 10.4 Å². The third-order valence-electron chi connectivity index (χ3n) is 3.33. The van der Waals surface area contributed by atoms with Crippen molar-refractivity contribution >= 4 is 15.9 Å². The molecule has 0 unspecified atom stereocenters. The van der Waals surface area contributed by atoms with Crippen molar-refractivity contribution < 1.29 is 4.74 Å². The highest BCUT2D eigenvalue weighted by Crippen LogP contribution is 2.23. The fourth-order valence-electron chi connectivity index (χ4n) is 2.29. The van der Waals surface area contributed by atoms with E-state index in [1.807, 2.05) is 12.1 Å². The van der Waals surface area contributed by atoms with Crippen LogP contribution in [0.2, 0.25) is 0 Å². The number of halogens is 1. The monoisotopic (exact) mass is 326 g/mol. The van der Waals surface area contributed by atoms with Gasteiger partial charge in [0.2, 0.25) is 0 Å². The molecule has 0 bridgehead atoms. The molecule has 1 fully saturated rings. The fourth-order valence-corrected chi connectivity index (χ4v) is 2.70. The number of piperidine rings is 1. The first-order chi connectivity index (χ1) is 9.29. The number of nitrogens with one attached hydrogen (secondary N) is 1. The zero-order valence-corrected chi connectivity index (χ0v) is 13.2. The second kappa shape index (κ2) is 7.88. The minimum Gasteiger partial charge on any atom is -0.493 e. The molecular weight excluding hydrogens is 304 g/mol. The molecule has 1 heterocycles. The van der Waals surface area contributed by atoms with Gasteiger partial charge in [0.05, 0.1) is 6.61 Å². The molecule has 0 spiro atoms. The van der Waals surface area contributed by atoms with E-state index in [0.29, 0.717) is 0 Å². The van der Waals surface area contributed by atoms with E-state index in [9.17, 15) is 0 Å². The molecule has 1 N–H and O–H groups in total. The van der Waals surface area contributed by atoms with Gasteiger partial charge in [-0.15, -0.1) is 0 Å². The Kier molecular flexibility index (Phi) is 6.14. The van der Waals surface area contributed by atoms with Crippen LogP contribution in [0.5, 0.6) is 5.75 Å². The Balaban J connectivity index is 1.94. The molecule has 106 valence electrons. The van der Waals surface area contributed by atoms with Crippen LogP contribution in [0.25, 0.3) is 0 Å². The lowest BCUT2D eigenvalue weighted by Gasteiger charge is -2.27. The summed E-state index contributed by atoms with van der Waals surface area (Å²) < 4.78 is 6.91. The SMILES string of the molecule is CCCOc1ccc(Br)cc1CNN1CCCCC1. The average Bonchev–Trinajstić information content (AvgIpc) is 2.45. The molecule has 2 rings (SSSR count). The van der Waals surface area contributed by atoms with Crippen molar-refractivity contribution in [2.75, 3.05) is 19.7 Å². The first kappa shape index (κ1) is 14.8. The van der Waals surface area contributed by atoms with Crippen LogP contribution >= 0.6 is 15.9 Å². The van der Waals surface area contributed by atoms with E-state index in [4.69, 9.17) is 4.74 Å². The Morgan fingerprint density at radius 3 is 2.79 bits per heavy atom. The summed E-state index contributed by atoms with van der Waals surface area (Å²) in [7, 11) is 0. The number of nitrogens with zero attached hydrogens (tertiary/aromatic N) is 1. The van der Waals surface area contributed by atoms with Crippen LogP contribution in [0.1, 0.15) is 38.2 Å². The van der Waals surface area contributed by atoms with Gasteiger partial charge in [0, 0.05) is 29.7 Å². The largest absolute Gasteiger partial charge is 0.493 e. The summed E-state index contributed by atoms with van der Waals surface area (Å²) in [4.78, 5) is 0. The van der Waals surface area contributed by atoms with E-state index in [2.05, 4.69) is 39.4 Å². The van der Waals surface area contributed by atoms with Crippen LogP contribution in [-0.4, -0.2) is 24.7 Å². The van der Waals surface area contributed by atoms with E-state index in [1.54, 1.807) is 0 Å². The third-order valence-corrected chi connectivity index (χ3v) is 3.83. The van der Waals surface area contributed by atoms with Crippen LogP contribution < -0.4 is 10.2 Å². The molecule has 4 heteroatoms. The molecule has 1 aromatic rings. The van der Waals surface area contributed by atoms with Gasteiger partial charge < -0.3 is 4.74 Å². The quantitative estimate of drug-likeness (QED) is 0.862. The molecule has 1 saturated heterocycles. The van der Waals surface area contributed by atoms with Crippen LogP contribution in [0.4, 0.5) is 0 Å². The van der Waals surface area contributed by atoms with E-state index in [0.717, 1.165) is 42.9 Å². The minimum atomic E-state index is 0.776. The number of ether oxygens (including phenoxy) is 1. The van der Waals surface area contributed by atoms with Gasteiger partial charge in [-0.05, 0) is 37.5 Å². The molecule has 1 aliphatic heterocycles. The van der Waals surface area contributed by atoms with Crippen molar-refractivity contribution in [1.29, 1.82) is 0 Å². The maximum atomic E-state index is 5.80. The van der Waals surface area contributed by atoms with Crippen molar-refractivity contribution in [3.05, 3.63) is 28.2 Å². The number of hydrogen-bond acceptors (Lipinski definition) is 3. The topological polar surface area (TPSA) is 24.5 Å². The molecule has 0 aliphatic carbocycles. The third kappa shape index (κ3) is 4.79. The van der Waals surface area contributed by atoms with E-state index in [1.165, 1.54) is 24.8 Å². The molecule has 0 aromatic heterocycles. The number of hydrogen-bond donors (Lipinski definition) is 1. The van der Waals surface area contributed by atoms with Gasteiger partial charge in [0.15, 0.2) is 0 Å². The Morgan fingerprint density at radius 1 is 1.26 bits per heavy atom. The van der Waals surface area contributed by atoms with Gasteiger partial charge in [0.1, 0.15) is 5.75 Å². The predicted molar refractivity (Wildman–Crippen MR) is 82.2 cm³/mol. The zero-order chi connectivity index (χ0) is 13.5. The van der Waals surface area contributed by atoms with Gasteiger partial charge in [-0.25, -0.2) is 5.01 Å². The lowest BCUT2D eigenvalue weighted by Crippen LogP contribution is -2.41. The number of hydrazine groups is 1. The van der Waals surface area contributed by atoms with E-state index < -0.39 is 0 Å². The second-order valence-corrected chi connectivity index (χ2v) is 5.90. The van der Waals surface area contributed by atoms with Crippen molar-refractivity contribution in [3.8, 4) is 5.75 Å². The first-order valence-electron chi connectivity index (χ1n) is 7.19. The van der Waals surface area contributed by atoms with E-state index in [-0.39, 0.29) is 0 Å². The molecule has 0 atom stereocenters. The molecule has 0 amide bonds. The molecule has 3 nitrogen and oxygen atoms in total. The molecule has 0 saturated carbocycles. The van der Waals surface area contributed by atoms with Gasteiger partial charge in [0.25, 0.3) is 0 Å². The first-order valence-corrected chi connectivity index (χ1v) is 7.98. The minimum absolute atomic E-state index is 0.776. The summed E-state index contributed by atoms with van der Waals surface area (Å²) in [6.07, 6.45) is 4.99. The Labute approximate surface area is 124 Å². The molecule has 19 heavy (non-hydrogen) atoms. The van der Waals surface area contributed by atoms with Gasteiger partial charge in [-0.2, -0.15) is 0 Å². The summed E-state index contributed by atoms with van der Waals surface area (Å²) in [5, 5.41) is 2.33. The van der Waals surface area contributed by atoms with Crippen molar-refractivity contribution in [2.24, 2.45) is 0 Å². The summed E-state index contributed by atoms with van der Waals surface area (Å²) >= 11 is 3.53. The summed E-state index contributed by atoms with van der Waals surface area (Å²) in [5.41, 5.74) is 4.73. The predicted octanol–water partition coefficient (Wildman–Crippen LogP) is 3.73. The van der Waals surface area contributed by atoms with Crippen molar-refractivity contribution in [2.45, 2.75) is 39.2 Å². The van der Waals surface area contributed by atoms with Crippen LogP contribution in [0, 0.1) is 0 Å². The van der Waals surface area contributed by atoms with Gasteiger partial charge in [-0.1, -0.05) is 29.3 Å². The Morgan fingerprint density at radius 2 is 2.05 bits per heavy atom. The van der Waals surface area contributed by atoms with Crippen LogP contribution in [0.3, 0.4) is 0 Å². The lowest BCUT2D eigenvalue weighted by atomic mass is 10.1. The van der Waals surface area contributed by atoms with Crippen LogP contribution in [-0.2, 0) is 6.54 Å². The maximum absolute atomic E-state index is 5.80. The van der Waals surface area contributed by atoms with Crippen molar-refractivity contribution in [3.63, 3.8) is 0 Å². The smallest absolute Gasteiger partial charge is 0.123 e. The standard InChI is InChI=1S/C15H23BrN2O/c1-2-10-19-15-7-6-14(16)11-13(15)12-17-18-8-4-3-5-9-18/h6-7,11,17H,2-5,8-10,12H2,1H3. The van der Waals surface area contributed by atoms with E-state index >= 15 is 0 Å². The maximum Gasteiger partial charge on any atom is 0.123 e. The fraction of sp³-hybridized carbons (Fsp3) is 0.600. The highest BCUT2D eigenvalue weighted by molar-refractivity contribution is 9.10. The molecule has 1 aromatic carbocycles. The second-order valence-electron chi connectivity index (χ2n) is 4.98. The van der Waals surface area contributed by atoms with Gasteiger partial charge >= 0.3 is 0 Å². The molecule has 1 aliphatic rings. The summed E-state index contributed by atoms with van der Waals surface area (Å²) in [6, 6.07) is 6.23. The lowest BCUT2D eigenvalue weighted by molar-refractivity contribution is 0.150. The number of benzene rings is 1. The number of rotatable bonds is 6. The summed E-state index contributed by atoms with van der Waals surface area (Å²) in [6.45, 7) is 6.04. The zero-order valence-electron chi connectivity index (χ0n) is 11.6. The Bertz CT molecular complexity index is 392. The molecule has 0 radical (unpaired) electrons. The van der Waals surface area contributed by atoms with Gasteiger partial charge in [-0.3, -0.25) is 5.43 Å². The normalized spacial score (nSPS) is 16.5. The highest BCUT2D eigenvalue weighted by Gasteiger charge is 2.11. The summed E-state index contributed by atoms with van der Waals surface area (Å²) in [5.74, 6) is 0.995.